The third-order valence-electron chi connectivity index (χ3n) is 2.62. The fourth-order valence-corrected chi connectivity index (χ4v) is 1.53. The van der Waals surface area contributed by atoms with Gasteiger partial charge in [0, 0.05) is 0 Å². The van der Waals surface area contributed by atoms with E-state index in [-0.39, 0.29) is 52.6 Å². The molecule has 1 aliphatic rings. The maximum Gasteiger partial charge on any atom is 1.00 e. The summed E-state index contributed by atoms with van der Waals surface area (Å²) in [4.78, 5) is 23.0. The Hall–Kier alpha value is -0.320. The number of ketones is 1. The van der Waals surface area contributed by atoms with Crippen molar-refractivity contribution in [2.75, 3.05) is 0 Å². The van der Waals surface area contributed by atoms with Gasteiger partial charge >= 0.3 is 29.6 Å². The fourth-order valence-electron chi connectivity index (χ4n) is 1.53. The van der Waals surface area contributed by atoms with Crippen molar-refractivity contribution in [1.82, 2.24) is 5.32 Å². The van der Waals surface area contributed by atoms with E-state index in [0.29, 0.717) is 0 Å². The average Bonchev–Trinajstić information content (AvgIpc) is 2.40. The number of amides is 1. The predicted molar refractivity (Wildman–Crippen MR) is 51.7 cm³/mol. The van der Waals surface area contributed by atoms with Crippen LogP contribution in [0.5, 0.6) is 0 Å². The van der Waals surface area contributed by atoms with E-state index in [2.05, 4.69) is 5.32 Å². The van der Waals surface area contributed by atoms with Crippen molar-refractivity contribution in [2.24, 2.45) is 5.92 Å². The van der Waals surface area contributed by atoms with Gasteiger partial charge in [-0.2, -0.15) is 0 Å². The molecule has 1 rings (SSSR count). The van der Waals surface area contributed by atoms with Crippen LogP contribution in [0.2, 0.25) is 0 Å². The van der Waals surface area contributed by atoms with E-state index in [1.807, 2.05) is 13.8 Å². The van der Waals surface area contributed by atoms with Gasteiger partial charge in [0.1, 0.15) is 11.3 Å². The third kappa shape index (κ3) is 2.83. The van der Waals surface area contributed by atoms with Gasteiger partial charge in [-0.3, -0.25) is 9.59 Å². The second-order valence-corrected chi connectivity index (χ2v) is 3.66. The van der Waals surface area contributed by atoms with E-state index in [1.54, 1.807) is 0 Å². The molecule has 2 atom stereocenters. The first-order chi connectivity index (χ1) is 6.49. The Morgan fingerprint density at radius 2 is 2.07 bits per heavy atom. The topological polar surface area (TPSA) is 66.4 Å². The molecule has 0 aromatic carbocycles. The van der Waals surface area contributed by atoms with Crippen LogP contribution in [0.1, 0.15) is 27.2 Å². The summed E-state index contributed by atoms with van der Waals surface area (Å²) in [6.07, 6.45) is 0.814. The van der Waals surface area contributed by atoms with Crippen molar-refractivity contribution < 1.29 is 44.3 Å². The van der Waals surface area contributed by atoms with Gasteiger partial charge in [0.25, 0.3) is 5.91 Å². The first-order valence-corrected chi connectivity index (χ1v) is 4.74. The third-order valence-corrected chi connectivity index (χ3v) is 2.62. The quantitative estimate of drug-likeness (QED) is 0.243. The van der Waals surface area contributed by atoms with E-state index in [1.165, 1.54) is 6.92 Å². The van der Waals surface area contributed by atoms with Crippen molar-refractivity contribution in [1.29, 1.82) is 0 Å². The van der Waals surface area contributed by atoms with Crippen LogP contribution >= 0.6 is 0 Å². The molecule has 2 N–H and O–H groups in total. The van der Waals surface area contributed by atoms with Crippen molar-refractivity contribution in [3.63, 3.8) is 0 Å². The van der Waals surface area contributed by atoms with Gasteiger partial charge in [0.05, 0.1) is 6.04 Å². The normalized spacial score (nSPS) is 25.7. The summed E-state index contributed by atoms with van der Waals surface area (Å²) in [7, 11) is 0. The minimum absolute atomic E-state index is 0. The van der Waals surface area contributed by atoms with Gasteiger partial charge in [-0.15, -0.1) is 0 Å². The first-order valence-electron chi connectivity index (χ1n) is 4.74. The van der Waals surface area contributed by atoms with Crippen molar-refractivity contribution in [2.45, 2.75) is 33.2 Å². The number of carbonyl (C=O) groups excluding carboxylic acids is 2. The summed E-state index contributed by atoms with van der Waals surface area (Å²) < 4.78 is 0. The number of hydrogen-bond donors (Lipinski definition) is 2. The van der Waals surface area contributed by atoms with Gasteiger partial charge in [-0.1, -0.05) is 20.3 Å². The van der Waals surface area contributed by atoms with E-state index in [0.717, 1.165) is 6.42 Å². The molecule has 4 nitrogen and oxygen atoms in total. The number of rotatable bonds is 2. The number of nitrogens with one attached hydrogen (secondary N) is 1. The molecule has 0 aromatic heterocycles. The molecule has 0 radical (unpaired) electrons. The molecule has 1 heterocycles. The molecule has 0 saturated carbocycles. The molecule has 1 amide bonds. The van der Waals surface area contributed by atoms with Crippen LogP contribution in [0.25, 0.3) is 0 Å². The molecule has 1 fully saturated rings. The predicted octanol–water partition coefficient (Wildman–Crippen LogP) is -2.06. The van der Waals surface area contributed by atoms with Crippen LogP contribution in [-0.2, 0) is 9.59 Å². The smallest absolute Gasteiger partial charge is 0.512 e. The van der Waals surface area contributed by atoms with Crippen molar-refractivity contribution in [3.05, 3.63) is 11.3 Å². The molecule has 15 heavy (non-hydrogen) atoms. The zero-order chi connectivity index (χ0) is 10.9. The SMILES string of the molecule is CC[C@H](C)[C@@H]1NC(=O)/C(=C(\C)O)C1=O.[Na+]. The van der Waals surface area contributed by atoms with E-state index in [9.17, 15) is 9.59 Å². The summed E-state index contributed by atoms with van der Waals surface area (Å²) in [5.74, 6) is -0.841. The standard InChI is InChI=1S/C10H15NO3.Na/c1-4-5(2)8-9(13)7(6(3)12)10(14)11-8;/h5,8,12H,4H2,1-3H3,(H,11,14);/q;+1/b7-6+;/t5-,8-;/m0./s1. The molecule has 1 aliphatic heterocycles. The average molecular weight is 220 g/mol. The molecule has 5 heteroatoms. The van der Waals surface area contributed by atoms with Crippen LogP contribution in [0, 0.1) is 5.92 Å². The zero-order valence-corrected chi connectivity index (χ0v) is 11.6. The maximum absolute atomic E-state index is 11.7. The molecule has 0 bridgehead atoms. The molecule has 0 aliphatic carbocycles. The molecular weight excluding hydrogens is 205 g/mol. The molecule has 0 aromatic rings. The number of allylic oxidation sites excluding steroid dienone is 1. The van der Waals surface area contributed by atoms with Crippen molar-refractivity contribution >= 4 is 11.7 Å². The summed E-state index contributed by atoms with van der Waals surface area (Å²) in [5, 5.41) is 11.7. The van der Waals surface area contributed by atoms with E-state index in [4.69, 9.17) is 5.11 Å². The summed E-state index contributed by atoms with van der Waals surface area (Å²) in [6.45, 7) is 5.21. The second-order valence-electron chi connectivity index (χ2n) is 3.66. The number of aliphatic hydroxyl groups excluding tert-OH is 1. The fraction of sp³-hybridized carbons (Fsp3) is 0.600. The molecule has 1 saturated heterocycles. The van der Waals surface area contributed by atoms with Gasteiger partial charge in [-0.05, 0) is 12.8 Å². The summed E-state index contributed by atoms with van der Waals surface area (Å²) in [6, 6.07) is -0.468. The number of aliphatic hydroxyl groups is 1. The number of carbonyl (C=O) groups is 2. The molecule has 0 unspecified atom stereocenters. The Balaban J connectivity index is 0.00000196. The van der Waals surface area contributed by atoms with Crippen LogP contribution in [-0.4, -0.2) is 22.8 Å². The Morgan fingerprint density at radius 1 is 1.53 bits per heavy atom. The van der Waals surface area contributed by atoms with Gasteiger partial charge in [0.2, 0.25) is 0 Å². The molecular formula is C10H15NNaO3+. The Labute approximate surface area is 111 Å². The van der Waals surface area contributed by atoms with Crippen LogP contribution < -0.4 is 34.9 Å². The zero-order valence-electron chi connectivity index (χ0n) is 9.63. The minimum atomic E-state index is -0.468. The largest absolute Gasteiger partial charge is 1.00 e. The summed E-state index contributed by atoms with van der Waals surface area (Å²) in [5.41, 5.74) is -0.0877. The summed E-state index contributed by atoms with van der Waals surface area (Å²) >= 11 is 0. The Morgan fingerprint density at radius 3 is 2.40 bits per heavy atom. The van der Waals surface area contributed by atoms with Crippen molar-refractivity contribution in [3.8, 4) is 0 Å². The van der Waals surface area contributed by atoms with Gasteiger partial charge < -0.3 is 10.4 Å². The maximum atomic E-state index is 11.7. The first kappa shape index (κ1) is 14.7. The van der Waals surface area contributed by atoms with Crippen LogP contribution in [0.4, 0.5) is 0 Å². The van der Waals surface area contributed by atoms with Crippen LogP contribution in [0.3, 0.4) is 0 Å². The molecule has 0 spiro atoms. The minimum Gasteiger partial charge on any atom is -0.512 e. The second kappa shape index (κ2) is 5.68. The Bertz CT molecular complexity index is 308. The van der Waals surface area contributed by atoms with E-state index >= 15 is 0 Å². The van der Waals surface area contributed by atoms with Gasteiger partial charge in [-0.25, -0.2) is 0 Å². The number of hydrogen-bond acceptors (Lipinski definition) is 3. The van der Waals surface area contributed by atoms with Gasteiger partial charge in [0.15, 0.2) is 5.78 Å². The number of Topliss-reactive ketones (excluding diaryl/α,β-unsaturated/α-hetero) is 1. The Kier molecular flexibility index (Phi) is 5.56. The molecule has 78 valence electrons. The monoisotopic (exact) mass is 220 g/mol. The van der Waals surface area contributed by atoms with Crippen LogP contribution in [0.15, 0.2) is 11.3 Å². The van der Waals surface area contributed by atoms with E-state index < -0.39 is 11.9 Å².